The largest absolute Gasteiger partial charge is 0.506 e. The summed E-state index contributed by atoms with van der Waals surface area (Å²) in [5.41, 5.74) is -1.60. The highest BCUT2D eigenvalue weighted by molar-refractivity contribution is 5.73. The highest BCUT2D eigenvalue weighted by atomic mass is 19.4. The van der Waals surface area contributed by atoms with Gasteiger partial charge in [0.1, 0.15) is 11.4 Å². The molecule has 1 rings (SSSR count). The van der Waals surface area contributed by atoms with Crippen LogP contribution in [0.25, 0.3) is 0 Å². The molecule has 1 aromatic rings. The molecule has 0 aromatic carbocycles. The summed E-state index contributed by atoms with van der Waals surface area (Å²) >= 11 is 0. The second-order valence-electron chi connectivity index (χ2n) is 3.18. The normalized spacial score (nSPS) is 11.3. The van der Waals surface area contributed by atoms with Crippen LogP contribution in [0.2, 0.25) is 0 Å². The smallest absolute Gasteiger partial charge is 0.433 e. The number of carbonyl (C=O) groups is 1. The number of aromatic nitrogens is 1. The Hall–Kier alpha value is -1.79. The lowest BCUT2D eigenvalue weighted by atomic mass is 10.1. The molecule has 1 heterocycles. The molecule has 17 heavy (non-hydrogen) atoms. The Kier molecular flexibility index (Phi) is 3.93. The zero-order valence-corrected chi connectivity index (χ0v) is 8.91. The van der Waals surface area contributed by atoms with Gasteiger partial charge in [-0.15, -0.1) is 0 Å². The maximum absolute atomic E-state index is 12.5. The van der Waals surface area contributed by atoms with Crippen molar-refractivity contribution in [2.75, 3.05) is 6.61 Å². The zero-order chi connectivity index (χ0) is 13.1. The molecule has 0 aliphatic carbocycles. The van der Waals surface area contributed by atoms with Crippen molar-refractivity contribution in [2.24, 2.45) is 0 Å². The van der Waals surface area contributed by atoms with Crippen LogP contribution in [0.1, 0.15) is 18.2 Å². The number of pyridine rings is 1. The van der Waals surface area contributed by atoms with Gasteiger partial charge in [0.15, 0.2) is 0 Å². The van der Waals surface area contributed by atoms with E-state index >= 15 is 0 Å². The third-order valence-corrected chi connectivity index (χ3v) is 1.86. The van der Waals surface area contributed by atoms with Gasteiger partial charge in [-0.1, -0.05) is 0 Å². The molecule has 7 heteroatoms. The summed E-state index contributed by atoms with van der Waals surface area (Å²) in [6.07, 6.45) is -4.57. The van der Waals surface area contributed by atoms with Crippen LogP contribution in [0.15, 0.2) is 12.3 Å². The van der Waals surface area contributed by atoms with Gasteiger partial charge >= 0.3 is 12.1 Å². The number of carbonyl (C=O) groups excluding carboxylic acids is 1. The van der Waals surface area contributed by atoms with Crippen molar-refractivity contribution in [3.63, 3.8) is 0 Å². The summed E-state index contributed by atoms with van der Waals surface area (Å²) in [7, 11) is 0. The fraction of sp³-hybridized carbons (Fsp3) is 0.400. The van der Waals surface area contributed by atoms with Crippen LogP contribution in [0.5, 0.6) is 5.75 Å². The van der Waals surface area contributed by atoms with Gasteiger partial charge in [0.05, 0.1) is 19.2 Å². The van der Waals surface area contributed by atoms with E-state index in [-0.39, 0.29) is 6.61 Å². The van der Waals surface area contributed by atoms with Crippen molar-refractivity contribution < 1.29 is 27.8 Å². The van der Waals surface area contributed by atoms with E-state index in [1.54, 1.807) is 6.92 Å². The van der Waals surface area contributed by atoms with Gasteiger partial charge in [0.25, 0.3) is 0 Å². The fourth-order valence-electron chi connectivity index (χ4n) is 1.26. The van der Waals surface area contributed by atoms with Crippen LogP contribution in [0.3, 0.4) is 0 Å². The maximum atomic E-state index is 12.5. The summed E-state index contributed by atoms with van der Waals surface area (Å²) in [6, 6.07) is 0.854. The van der Waals surface area contributed by atoms with Gasteiger partial charge in [-0.3, -0.25) is 4.79 Å². The monoisotopic (exact) mass is 249 g/mol. The van der Waals surface area contributed by atoms with Crippen molar-refractivity contribution in [3.05, 3.63) is 23.5 Å². The molecule has 0 fully saturated rings. The Balaban J connectivity index is 3.04. The van der Waals surface area contributed by atoms with E-state index < -0.39 is 35.6 Å². The lowest BCUT2D eigenvalue weighted by Crippen LogP contribution is -2.16. The van der Waals surface area contributed by atoms with E-state index in [1.165, 1.54) is 0 Å². The maximum Gasteiger partial charge on any atom is 0.433 e. The van der Waals surface area contributed by atoms with Gasteiger partial charge in [0, 0.05) is 0 Å². The van der Waals surface area contributed by atoms with E-state index in [9.17, 15) is 18.0 Å². The van der Waals surface area contributed by atoms with Gasteiger partial charge in [-0.2, -0.15) is 13.2 Å². The minimum Gasteiger partial charge on any atom is -0.506 e. The van der Waals surface area contributed by atoms with Crippen LogP contribution in [0.4, 0.5) is 13.2 Å². The van der Waals surface area contributed by atoms with E-state index in [1.807, 2.05) is 0 Å². The van der Waals surface area contributed by atoms with Crippen LogP contribution in [-0.2, 0) is 22.1 Å². The molecule has 1 N–H and O–H groups in total. The lowest BCUT2D eigenvalue weighted by Gasteiger charge is -2.11. The van der Waals surface area contributed by atoms with Crippen LogP contribution in [0, 0.1) is 0 Å². The van der Waals surface area contributed by atoms with E-state index in [0.29, 0.717) is 6.20 Å². The quantitative estimate of drug-likeness (QED) is 0.831. The average Bonchev–Trinajstić information content (AvgIpc) is 2.15. The Morgan fingerprint density at radius 3 is 2.71 bits per heavy atom. The molecule has 1 aromatic heterocycles. The van der Waals surface area contributed by atoms with Gasteiger partial charge in [-0.25, -0.2) is 4.98 Å². The topological polar surface area (TPSA) is 59.4 Å². The Morgan fingerprint density at radius 2 is 2.18 bits per heavy atom. The summed E-state index contributed by atoms with van der Waals surface area (Å²) in [5, 5.41) is 9.06. The van der Waals surface area contributed by atoms with E-state index in [2.05, 4.69) is 9.72 Å². The number of alkyl halides is 3. The first kappa shape index (κ1) is 13.3. The predicted molar refractivity (Wildman–Crippen MR) is 51.2 cm³/mol. The van der Waals surface area contributed by atoms with Crippen molar-refractivity contribution >= 4 is 5.97 Å². The summed E-state index contributed by atoms with van der Waals surface area (Å²) in [5.74, 6) is -1.23. The first-order valence-corrected chi connectivity index (χ1v) is 4.75. The van der Waals surface area contributed by atoms with Crippen molar-refractivity contribution in [1.29, 1.82) is 0 Å². The number of hydrogen-bond acceptors (Lipinski definition) is 4. The SMILES string of the molecule is CCOC(=O)Cc1cc(O)cnc1C(F)(F)F. The average molecular weight is 249 g/mol. The number of nitrogens with zero attached hydrogens (tertiary/aromatic N) is 1. The fourth-order valence-corrected chi connectivity index (χ4v) is 1.26. The number of halogens is 3. The van der Waals surface area contributed by atoms with Crippen LogP contribution < -0.4 is 0 Å². The first-order chi connectivity index (χ1) is 7.84. The Bertz CT molecular complexity index is 418. The molecule has 4 nitrogen and oxygen atoms in total. The molecule has 0 amide bonds. The van der Waals surface area contributed by atoms with E-state index in [0.717, 1.165) is 6.07 Å². The van der Waals surface area contributed by atoms with Crippen LogP contribution in [-0.4, -0.2) is 22.7 Å². The summed E-state index contributed by atoms with van der Waals surface area (Å²) < 4.78 is 42.1. The summed E-state index contributed by atoms with van der Waals surface area (Å²) in [4.78, 5) is 14.2. The first-order valence-electron chi connectivity index (χ1n) is 4.75. The molecule has 94 valence electrons. The molecule has 0 atom stereocenters. The van der Waals surface area contributed by atoms with Crippen molar-refractivity contribution in [3.8, 4) is 5.75 Å². The molecule has 0 spiro atoms. The molecule has 0 bridgehead atoms. The number of aromatic hydroxyl groups is 1. The van der Waals surface area contributed by atoms with Gasteiger partial charge in [-0.05, 0) is 18.6 Å². The third-order valence-electron chi connectivity index (χ3n) is 1.86. The molecule has 0 aliphatic rings. The van der Waals surface area contributed by atoms with E-state index in [4.69, 9.17) is 5.11 Å². The number of esters is 1. The Labute approximate surface area is 95.0 Å². The molecule has 0 aliphatic heterocycles. The number of ether oxygens (including phenoxy) is 1. The minimum atomic E-state index is -4.67. The molecule has 0 saturated carbocycles. The standard InChI is InChI=1S/C10H10F3NO3/c1-2-17-8(16)4-6-3-7(15)5-14-9(6)10(11,12)13/h3,5,15H,2,4H2,1H3. The molecule has 0 saturated heterocycles. The summed E-state index contributed by atoms with van der Waals surface area (Å²) in [6.45, 7) is 1.62. The second-order valence-corrected chi connectivity index (χ2v) is 3.18. The van der Waals surface area contributed by atoms with Crippen molar-refractivity contribution in [2.45, 2.75) is 19.5 Å². The van der Waals surface area contributed by atoms with Gasteiger partial charge in [0.2, 0.25) is 0 Å². The van der Waals surface area contributed by atoms with Crippen molar-refractivity contribution in [1.82, 2.24) is 4.98 Å². The minimum absolute atomic E-state index is 0.0758. The lowest BCUT2D eigenvalue weighted by molar-refractivity contribution is -0.144. The molecule has 0 unspecified atom stereocenters. The number of rotatable bonds is 3. The third kappa shape index (κ3) is 3.61. The zero-order valence-electron chi connectivity index (χ0n) is 8.91. The van der Waals surface area contributed by atoms with Crippen LogP contribution >= 0.6 is 0 Å². The molecular weight excluding hydrogens is 239 g/mol. The van der Waals surface area contributed by atoms with Gasteiger partial charge < -0.3 is 9.84 Å². The molecular formula is C10H10F3NO3. The highest BCUT2D eigenvalue weighted by Gasteiger charge is 2.35. The Morgan fingerprint density at radius 1 is 1.53 bits per heavy atom. The molecule has 0 radical (unpaired) electrons. The predicted octanol–water partition coefficient (Wildman–Crippen LogP) is 1.91. The number of hydrogen-bond donors (Lipinski definition) is 1. The second kappa shape index (κ2) is 5.03. The highest BCUT2D eigenvalue weighted by Crippen LogP contribution is 2.31.